The summed E-state index contributed by atoms with van der Waals surface area (Å²) >= 11 is 0. The van der Waals surface area contributed by atoms with Crippen LogP contribution in [-0.2, 0) is 15.0 Å². The zero-order valence-corrected chi connectivity index (χ0v) is 14.6. The Bertz CT molecular complexity index is 553. The molecule has 24 heavy (non-hydrogen) atoms. The van der Waals surface area contributed by atoms with Gasteiger partial charge >= 0.3 is 5.97 Å². The van der Waals surface area contributed by atoms with E-state index in [0.29, 0.717) is 6.54 Å². The van der Waals surface area contributed by atoms with E-state index in [0.717, 1.165) is 12.8 Å². The van der Waals surface area contributed by atoms with E-state index < -0.39 is 12.0 Å². The minimum Gasteiger partial charge on any atom is -0.480 e. The number of benzene rings is 1. The Labute approximate surface area is 144 Å². The average Bonchev–Trinajstić information content (AvgIpc) is 2.60. The summed E-state index contributed by atoms with van der Waals surface area (Å²) in [6, 6.07) is 9.74. The molecule has 1 aromatic rings. The second kappa shape index (κ2) is 8.29. The molecule has 0 saturated heterocycles. The highest BCUT2D eigenvalue weighted by Gasteiger charge is 2.34. The summed E-state index contributed by atoms with van der Waals surface area (Å²) in [5.41, 5.74) is 1.30. The van der Waals surface area contributed by atoms with Crippen LogP contribution in [0.1, 0.15) is 44.6 Å². The van der Waals surface area contributed by atoms with Crippen molar-refractivity contribution in [2.24, 2.45) is 0 Å². The van der Waals surface area contributed by atoms with Crippen molar-refractivity contribution in [3.63, 3.8) is 0 Å². The molecule has 1 fully saturated rings. The summed E-state index contributed by atoms with van der Waals surface area (Å²) in [5, 5.41) is 12.1. The van der Waals surface area contributed by atoms with Gasteiger partial charge in [0.05, 0.1) is 6.54 Å². The van der Waals surface area contributed by atoms with E-state index >= 15 is 0 Å². The van der Waals surface area contributed by atoms with Crippen molar-refractivity contribution >= 4 is 11.9 Å². The number of hydrogen-bond donors (Lipinski definition) is 2. The molecule has 2 rings (SSSR count). The summed E-state index contributed by atoms with van der Waals surface area (Å²) in [4.78, 5) is 24.8. The number of amides is 1. The number of hydrogen-bond acceptors (Lipinski definition) is 3. The molecule has 0 aliphatic heterocycles. The molecule has 0 radical (unpaired) electrons. The summed E-state index contributed by atoms with van der Waals surface area (Å²) in [6.07, 6.45) is 5.78. The van der Waals surface area contributed by atoms with Crippen molar-refractivity contribution in [2.45, 2.75) is 50.5 Å². The molecular weight excluding hydrogens is 304 g/mol. The molecule has 2 N–H and O–H groups in total. The Morgan fingerprint density at radius 3 is 2.42 bits per heavy atom. The molecule has 0 aromatic heterocycles. The van der Waals surface area contributed by atoms with Gasteiger partial charge in [0.15, 0.2) is 0 Å². The highest BCUT2D eigenvalue weighted by atomic mass is 16.4. The van der Waals surface area contributed by atoms with Gasteiger partial charge in [-0.25, -0.2) is 0 Å². The number of nitrogens with one attached hydrogen (secondary N) is 1. The predicted octanol–water partition coefficient (Wildman–Crippen LogP) is 2.41. The summed E-state index contributed by atoms with van der Waals surface area (Å²) in [5.74, 6) is -1.04. The fourth-order valence-electron chi connectivity index (χ4n) is 3.46. The SMILES string of the molecule is CC(C(=O)O)N(C)CC(=O)NCC1(c2ccccc2)CCCCC1. The van der Waals surface area contributed by atoms with Crippen molar-refractivity contribution in [3.05, 3.63) is 35.9 Å². The van der Waals surface area contributed by atoms with Crippen LogP contribution in [0.25, 0.3) is 0 Å². The molecule has 0 heterocycles. The molecule has 1 aromatic carbocycles. The Morgan fingerprint density at radius 1 is 1.21 bits per heavy atom. The van der Waals surface area contributed by atoms with E-state index in [4.69, 9.17) is 5.11 Å². The van der Waals surface area contributed by atoms with E-state index in [-0.39, 0.29) is 17.9 Å². The summed E-state index contributed by atoms with van der Waals surface area (Å²) < 4.78 is 0. The topological polar surface area (TPSA) is 69.6 Å². The van der Waals surface area contributed by atoms with Crippen LogP contribution >= 0.6 is 0 Å². The lowest BCUT2D eigenvalue weighted by atomic mass is 9.69. The molecule has 1 amide bonds. The summed E-state index contributed by atoms with van der Waals surface area (Å²) in [7, 11) is 1.66. The van der Waals surface area contributed by atoms with Crippen LogP contribution in [0.3, 0.4) is 0 Å². The molecule has 0 bridgehead atoms. The molecular formula is C19H28N2O3. The van der Waals surface area contributed by atoms with Crippen LogP contribution in [0.4, 0.5) is 0 Å². The number of carbonyl (C=O) groups is 2. The van der Waals surface area contributed by atoms with Crippen LogP contribution in [0, 0.1) is 0 Å². The number of carboxylic acids is 1. The molecule has 5 heteroatoms. The smallest absolute Gasteiger partial charge is 0.320 e. The Kier molecular flexibility index (Phi) is 6.37. The molecule has 1 atom stereocenters. The van der Waals surface area contributed by atoms with Crippen molar-refractivity contribution in [1.82, 2.24) is 10.2 Å². The number of likely N-dealkylation sites (N-methyl/N-ethyl adjacent to an activating group) is 1. The van der Waals surface area contributed by atoms with E-state index in [1.807, 2.05) is 6.07 Å². The quantitative estimate of drug-likeness (QED) is 0.804. The molecule has 132 valence electrons. The van der Waals surface area contributed by atoms with Gasteiger partial charge in [-0.2, -0.15) is 0 Å². The van der Waals surface area contributed by atoms with Crippen LogP contribution in [0.15, 0.2) is 30.3 Å². The third-order valence-corrected chi connectivity index (χ3v) is 5.23. The first-order chi connectivity index (χ1) is 11.4. The second-order valence-corrected chi connectivity index (χ2v) is 6.91. The first kappa shape index (κ1) is 18.5. The van der Waals surface area contributed by atoms with Crippen LogP contribution < -0.4 is 5.32 Å². The standard InChI is InChI=1S/C19H28N2O3/c1-15(18(23)24)21(2)13-17(22)20-14-19(11-7-4-8-12-19)16-9-5-3-6-10-16/h3,5-6,9-10,15H,4,7-8,11-14H2,1-2H3,(H,20,22)(H,23,24). The average molecular weight is 332 g/mol. The molecule has 0 spiro atoms. The molecule has 1 aliphatic rings. The second-order valence-electron chi connectivity index (χ2n) is 6.91. The normalized spacial score (nSPS) is 18.1. The Hall–Kier alpha value is -1.88. The minimum atomic E-state index is -0.918. The first-order valence-electron chi connectivity index (χ1n) is 8.70. The zero-order valence-electron chi connectivity index (χ0n) is 14.6. The third kappa shape index (κ3) is 4.57. The van der Waals surface area contributed by atoms with Gasteiger partial charge < -0.3 is 10.4 Å². The van der Waals surface area contributed by atoms with Crippen molar-refractivity contribution in [1.29, 1.82) is 0 Å². The molecule has 5 nitrogen and oxygen atoms in total. The molecule has 1 saturated carbocycles. The van der Waals surface area contributed by atoms with Gasteiger partial charge in [-0.05, 0) is 32.4 Å². The number of rotatable bonds is 7. The highest BCUT2D eigenvalue weighted by molar-refractivity contribution is 5.79. The lowest BCUT2D eigenvalue weighted by molar-refractivity contribution is -0.142. The van der Waals surface area contributed by atoms with Gasteiger partial charge in [0.2, 0.25) is 5.91 Å². The van der Waals surface area contributed by atoms with Crippen molar-refractivity contribution in [3.8, 4) is 0 Å². The predicted molar refractivity (Wildman–Crippen MR) is 93.9 cm³/mol. The van der Waals surface area contributed by atoms with Gasteiger partial charge in [-0.3, -0.25) is 14.5 Å². The third-order valence-electron chi connectivity index (χ3n) is 5.23. The number of aliphatic carboxylic acids is 1. The molecule has 1 unspecified atom stereocenters. The zero-order chi connectivity index (χ0) is 17.6. The Morgan fingerprint density at radius 2 is 1.83 bits per heavy atom. The van der Waals surface area contributed by atoms with Gasteiger partial charge in [0.25, 0.3) is 0 Å². The minimum absolute atomic E-state index is 0.00611. The van der Waals surface area contributed by atoms with E-state index in [2.05, 4.69) is 29.6 Å². The van der Waals surface area contributed by atoms with Crippen LogP contribution in [0.5, 0.6) is 0 Å². The van der Waals surface area contributed by atoms with Gasteiger partial charge in [-0.1, -0.05) is 49.6 Å². The highest BCUT2D eigenvalue weighted by Crippen LogP contribution is 2.38. The summed E-state index contributed by atoms with van der Waals surface area (Å²) in [6.45, 7) is 2.30. The van der Waals surface area contributed by atoms with Crippen molar-refractivity contribution in [2.75, 3.05) is 20.1 Å². The van der Waals surface area contributed by atoms with E-state index in [1.165, 1.54) is 24.8 Å². The maximum atomic E-state index is 12.3. The molecule has 1 aliphatic carbocycles. The lowest BCUT2D eigenvalue weighted by Gasteiger charge is -2.38. The van der Waals surface area contributed by atoms with Crippen LogP contribution in [-0.4, -0.2) is 48.1 Å². The monoisotopic (exact) mass is 332 g/mol. The fraction of sp³-hybridized carbons (Fsp3) is 0.579. The van der Waals surface area contributed by atoms with E-state index in [1.54, 1.807) is 18.9 Å². The number of carboxylic acid groups (broad SMARTS) is 1. The van der Waals surface area contributed by atoms with Crippen LogP contribution in [0.2, 0.25) is 0 Å². The largest absolute Gasteiger partial charge is 0.480 e. The maximum absolute atomic E-state index is 12.3. The fourth-order valence-corrected chi connectivity index (χ4v) is 3.46. The maximum Gasteiger partial charge on any atom is 0.320 e. The number of nitrogens with zero attached hydrogens (tertiary/aromatic N) is 1. The number of carbonyl (C=O) groups excluding carboxylic acids is 1. The Balaban J connectivity index is 1.98. The first-order valence-corrected chi connectivity index (χ1v) is 8.70. The van der Waals surface area contributed by atoms with Gasteiger partial charge in [0.1, 0.15) is 6.04 Å². The van der Waals surface area contributed by atoms with Gasteiger partial charge in [0, 0.05) is 12.0 Å². The van der Waals surface area contributed by atoms with E-state index in [9.17, 15) is 9.59 Å². The van der Waals surface area contributed by atoms with Crippen molar-refractivity contribution < 1.29 is 14.7 Å². The van der Waals surface area contributed by atoms with Gasteiger partial charge in [-0.15, -0.1) is 0 Å². The lowest BCUT2D eigenvalue weighted by Crippen LogP contribution is -2.47.